The summed E-state index contributed by atoms with van der Waals surface area (Å²) in [6.45, 7) is 3.76. The van der Waals surface area contributed by atoms with Gasteiger partial charge in [-0.2, -0.15) is 0 Å². The molecule has 3 nitrogen and oxygen atoms in total. The SMILES string of the molecule is C1=C2OCCNC2CNC1. The van der Waals surface area contributed by atoms with Crippen molar-refractivity contribution >= 4 is 0 Å². The lowest BCUT2D eigenvalue weighted by Gasteiger charge is -2.30. The van der Waals surface area contributed by atoms with E-state index in [-0.39, 0.29) is 0 Å². The highest BCUT2D eigenvalue weighted by atomic mass is 16.5. The fourth-order valence-electron chi connectivity index (χ4n) is 1.38. The number of morpholine rings is 1. The van der Waals surface area contributed by atoms with E-state index < -0.39 is 0 Å². The summed E-state index contributed by atoms with van der Waals surface area (Å²) in [7, 11) is 0. The topological polar surface area (TPSA) is 33.3 Å². The summed E-state index contributed by atoms with van der Waals surface area (Å²) in [6.07, 6.45) is 2.11. The van der Waals surface area contributed by atoms with Gasteiger partial charge < -0.3 is 15.4 Å². The molecule has 0 aromatic rings. The molecule has 2 aliphatic rings. The molecule has 1 atom stereocenters. The molecule has 0 radical (unpaired) electrons. The number of fused-ring (bicyclic) bond motifs is 1. The second kappa shape index (κ2) is 2.60. The van der Waals surface area contributed by atoms with Crippen molar-refractivity contribution in [2.24, 2.45) is 0 Å². The quantitative estimate of drug-likeness (QED) is 0.474. The molecule has 0 aliphatic carbocycles. The van der Waals surface area contributed by atoms with Crippen LogP contribution in [0.4, 0.5) is 0 Å². The van der Waals surface area contributed by atoms with Crippen LogP contribution in [0.25, 0.3) is 0 Å². The van der Waals surface area contributed by atoms with Crippen LogP contribution in [0.15, 0.2) is 11.8 Å². The number of hydrogen-bond donors (Lipinski definition) is 2. The van der Waals surface area contributed by atoms with Crippen molar-refractivity contribution in [1.82, 2.24) is 10.6 Å². The maximum Gasteiger partial charge on any atom is 0.112 e. The van der Waals surface area contributed by atoms with Gasteiger partial charge >= 0.3 is 0 Å². The van der Waals surface area contributed by atoms with Gasteiger partial charge in [0.2, 0.25) is 0 Å². The number of ether oxygens (including phenoxy) is 1. The Kier molecular flexibility index (Phi) is 1.61. The van der Waals surface area contributed by atoms with Crippen molar-refractivity contribution in [3.8, 4) is 0 Å². The Morgan fingerprint density at radius 1 is 1.60 bits per heavy atom. The van der Waals surface area contributed by atoms with Crippen LogP contribution in [-0.4, -0.2) is 32.3 Å². The summed E-state index contributed by atoms with van der Waals surface area (Å²) >= 11 is 0. The molecule has 10 heavy (non-hydrogen) atoms. The third-order valence-electron chi connectivity index (χ3n) is 1.90. The van der Waals surface area contributed by atoms with Crippen molar-refractivity contribution in [2.45, 2.75) is 6.04 Å². The van der Waals surface area contributed by atoms with Crippen LogP contribution in [0, 0.1) is 0 Å². The van der Waals surface area contributed by atoms with Crippen molar-refractivity contribution in [1.29, 1.82) is 0 Å². The molecular formula is C7H12N2O. The minimum atomic E-state index is 0.433. The lowest BCUT2D eigenvalue weighted by atomic mass is 10.1. The zero-order valence-electron chi connectivity index (χ0n) is 5.89. The Balaban J connectivity index is 2.08. The number of nitrogens with one attached hydrogen (secondary N) is 2. The van der Waals surface area contributed by atoms with Crippen molar-refractivity contribution in [3.05, 3.63) is 11.8 Å². The van der Waals surface area contributed by atoms with Crippen LogP contribution in [0.1, 0.15) is 0 Å². The maximum atomic E-state index is 5.44. The molecular weight excluding hydrogens is 128 g/mol. The van der Waals surface area contributed by atoms with Crippen LogP contribution < -0.4 is 10.6 Å². The molecule has 0 spiro atoms. The fourth-order valence-corrected chi connectivity index (χ4v) is 1.38. The van der Waals surface area contributed by atoms with Gasteiger partial charge in [-0.3, -0.25) is 0 Å². The van der Waals surface area contributed by atoms with E-state index in [0.29, 0.717) is 6.04 Å². The molecule has 0 bridgehead atoms. The van der Waals surface area contributed by atoms with Crippen LogP contribution in [0.2, 0.25) is 0 Å². The van der Waals surface area contributed by atoms with Gasteiger partial charge in [-0.15, -0.1) is 0 Å². The Morgan fingerprint density at radius 2 is 2.60 bits per heavy atom. The Labute approximate surface area is 60.4 Å². The third-order valence-corrected chi connectivity index (χ3v) is 1.90. The van der Waals surface area contributed by atoms with Crippen molar-refractivity contribution in [3.63, 3.8) is 0 Å². The van der Waals surface area contributed by atoms with E-state index in [1.165, 1.54) is 0 Å². The number of rotatable bonds is 0. The predicted molar refractivity (Wildman–Crippen MR) is 38.7 cm³/mol. The minimum absolute atomic E-state index is 0.433. The van der Waals surface area contributed by atoms with E-state index in [2.05, 4.69) is 16.7 Å². The molecule has 0 aromatic heterocycles. The van der Waals surface area contributed by atoms with Gasteiger partial charge in [-0.1, -0.05) is 0 Å². The lowest BCUT2D eigenvalue weighted by molar-refractivity contribution is 0.142. The zero-order valence-corrected chi connectivity index (χ0v) is 5.89. The molecule has 3 heteroatoms. The molecule has 2 N–H and O–H groups in total. The molecule has 2 rings (SSSR count). The first-order chi connectivity index (χ1) is 4.97. The lowest BCUT2D eigenvalue weighted by Crippen LogP contribution is -2.48. The second-order valence-electron chi connectivity index (χ2n) is 2.62. The highest BCUT2D eigenvalue weighted by Crippen LogP contribution is 2.10. The normalized spacial score (nSPS) is 32.0. The van der Waals surface area contributed by atoms with Gasteiger partial charge in [0.1, 0.15) is 12.4 Å². The van der Waals surface area contributed by atoms with Crippen molar-refractivity contribution < 1.29 is 4.74 Å². The first-order valence-corrected chi connectivity index (χ1v) is 3.74. The summed E-state index contributed by atoms with van der Waals surface area (Å²) in [5.74, 6) is 1.13. The molecule has 1 unspecified atom stereocenters. The molecule has 0 aromatic carbocycles. The van der Waals surface area contributed by atoms with E-state index in [4.69, 9.17) is 4.74 Å². The predicted octanol–water partition coefficient (Wildman–Crippen LogP) is -0.538. The van der Waals surface area contributed by atoms with Crippen LogP contribution >= 0.6 is 0 Å². The third kappa shape index (κ3) is 1.02. The van der Waals surface area contributed by atoms with Crippen LogP contribution in [-0.2, 0) is 4.74 Å². The smallest absolute Gasteiger partial charge is 0.112 e. The van der Waals surface area contributed by atoms with Crippen molar-refractivity contribution in [2.75, 3.05) is 26.2 Å². The zero-order chi connectivity index (χ0) is 6.81. The molecule has 0 saturated carbocycles. The number of hydrogen-bond acceptors (Lipinski definition) is 3. The Hall–Kier alpha value is -0.540. The molecule has 2 heterocycles. The van der Waals surface area contributed by atoms with E-state index in [0.717, 1.165) is 32.0 Å². The van der Waals surface area contributed by atoms with Gasteiger partial charge in [-0.25, -0.2) is 0 Å². The average molecular weight is 140 g/mol. The summed E-state index contributed by atoms with van der Waals surface area (Å²) in [4.78, 5) is 0. The summed E-state index contributed by atoms with van der Waals surface area (Å²) in [5, 5.41) is 6.63. The highest BCUT2D eigenvalue weighted by molar-refractivity contribution is 5.10. The van der Waals surface area contributed by atoms with Gasteiger partial charge in [0.15, 0.2) is 0 Å². The average Bonchev–Trinajstić information content (AvgIpc) is 2.05. The van der Waals surface area contributed by atoms with Crippen LogP contribution in [0.3, 0.4) is 0 Å². The highest BCUT2D eigenvalue weighted by Gasteiger charge is 2.20. The monoisotopic (exact) mass is 140 g/mol. The first kappa shape index (κ1) is 6.19. The second-order valence-corrected chi connectivity index (χ2v) is 2.62. The fraction of sp³-hybridized carbons (Fsp3) is 0.714. The molecule has 0 amide bonds. The van der Waals surface area contributed by atoms with Gasteiger partial charge in [0.25, 0.3) is 0 Å². The van der Waals surface area contributed by atoms with E-state index in [1.54, 1.807) is 0 Å². The standard InChI is InChI=1S/C7H12N2O/c1-2-8-5-6-7(1)10-4-3-9-6/h1,6,8-9H,2-5H2. The molecule has 1 fully saturated rings. The Bertz CT molecular complexity index is 156. The largest absolute Gasteiger partial charge is 0.495 e. The van der Waals surface area contributed by atoms with E-state index >= 15 is 0 Å². The molecule has 2 aliphatic heterocycles. The molecule has 56 valence electrons. The van der Waals surface area contributed by atoms with Gasteiger partial charge in [0.05, 0.1) is 6.04 Å². The Morgan fingerprint density at radius 3 is 3.50 bits per heavy atom. The maximum absolute atomic E-state index is 5.44. The molecule has 1 saturated heterocycles. The minimum Gasteiger partial charge on any atom is -0.495 e. The van der Waals surface area contributed by atoms with Gasteiger partial charge in [-0.05, 0) is 6.08 Å². The summed E-state index contributed by atoms with van der Waals surface area (Å²) in [5.41, 5.74) is 0. The van der Waals surface area contributed by atoms with Gasteiger partial charge in [0, 0.05) is 19.6 Å². The van der Waals surface area contributed by atoms with Crippen LogP contribution in [0.5, 0.6) is 0 Å². The summed E-state index contributed by atoms with van der Waals surface area (Å²) < 4.78 is 5.44. The first-order valence-electron chi connectivity index (χ1n) is 3.74. The summed E-state index contributed by atoms with van der Waals surface area (Å²) in [6, 6.07) is 0.433. The van der Waals surface area contributed by atoms with E-state index in [9.17, 15) is 0 Å². The van der Waals surface area contributed by atoms with E-state index in [1.807, 2.05) is 0 Å².